The van der Waals surface area contributed by atoms with Gasteiger partial charge in [-0.15, -0.1) is 0 Å². The zero-order valence-electron chi connectivity index (χ0n) is 14.5. The van der Waals surface area contributed by atoms with E-state index in [2.05, 4.69) is 20.6 Å². The van der Waals surface area contributed by atoms with Gasteiger partial charge in [-0.2, -0.15) is 4.98 Å². The number of halogens is 2. The van der Waals surface area contributed by atoms with Crippen molar-refractivity contribution in [2.75, 3.05) is 17.2 Å². The second-order valence-electron chi connectivity index (χ2n) is 5.93. The lowest BCUT2D eigenvalue weighted by molar-refractivity contribution is 0.610. The Balaban J connectivity index is 1.60. The van der Waals surface area contributed by atoms with Gasteiger partial charge in [-0.05, 0) is 36.6 Å². The molecule has 0 bridgehead atoms. The van der Waals surface area contributed by atoms with Crippen molar-refractivity contribution in [3.63, 3.8) is 0 Å². The summed E-state index contributed by atoms with van der Waals surface area (Å²) in [6.45, 7) is 3.03. The maximum atomic E-state index is 13.7. The summed E-state index contributed by atoms with van der Waals surface area (Å²) in [6, 6.07) is 16.3. The van der Waals surface area contributed by atoms with E-state index in [1.165, 1.54) is 6.07 Å². The number of nitrogens with one attached hydrogen (secondary N) is 2. The van der Waals surface area contributed by atoms with Crippen LogP contribution >= 0.6 is 11.6 Å². The van der Waals surface area contributed by atoms with Gasteiger partial charge in [-0.1, -0.05) is 48.0 Å². The van der Waals surface area contributed by atoms with Crippen molar-refractivity contribution in [1.82, 2.24) is 9.97 Å². The molecule has 134 valence electrons. The summed E-state index contributed by atoms with van der Waals surface area (Å²) in [6.07, 6.45) is 0.581. The number of aryl methyl sites for hydroxylation is 1. The van der Waals surface area contributed by atoms with Crippen LogP contribution in [-0.4, -0.2) is 16.5 Å². The number of benzene rings is 2. The Bertz CT molecular complexity index is 885. The Morgan fingerprint density at radius 2 is 1.69 bits per heavy atom. The summed E-state index contributed by atoms with van der Waals surface area (Å²) in [5, 5.41) is 7.13. The van der Waals surface area contributed by atoms with Crippen molar-refractivity contribution in [3.8, 4) is 0 Å². The lowest BCUT2D eigenvalue weighted by Gasteiger charge is -2.11. The molecule has 0 atom stereocenters. The molecular formula is C20H20ClFN4. The quantitative estimate of drug-likeness (QED) is 0.624. The molecule has 1 heterocycles. The van der Waals surface area contributed by atoms with Crippen LogP contribution in [0.2, 0.25) is 5.02 Å². The molecule has 2 aromatic carbocycles. The van der Waals surface area contributed by atoms with Crippen LogP contribution in [0.1, 0.15) is 16.8 Å². The first-order chi connectivity index (χ1) is 12.6. The zero-order chi connectivity index (χ0) is 18.4. The Morgan fingerprint density at radius 1 is 0.962 bits per heavy atom. The van der Waals surface area contributed by atoms with Crippen LogP contribution in [0.25, 0.3) is 0 Å². The highest BCUT2D eigenvalue weighted by atomic mass is 35.5. The van der Waals surface area contributed by atoms with Gasteiger partial charge in [0, 0.05) is 29.9 Å². The number of nitrogens with zero attached hydrogens (tertiary/aromatic N) is 2. The molecule has 0 aliphatic heterocycles. The maximum Gasteiger partial charge on any atom is 0.225 e. The van der Waals surface area contributed by atoms with E-state index >= 15 is 0 Å². The van der Waals surface area contributed by atoms with Crippen LogP contribution in [0, 0.1) is 12.7 Å². The Kier molecular flexibility index (Phi) is 6.02. The summed E-state index contributed by atoms with van der Waals surface area (Å²) < 4.78 is 13.7. The molecule has 6 heteroatoms. The second-order valence-corrected chi connectivity index (χ2v) is 6.34. The van der Waals surface area contributed by atoms with Gasteiger partial charge in [-0.25, -0.2) is 9.37 Å². The summed E-state index contributed by atoms with van der Waals surface area (Å²) in [5.74, 6) is 1.05. The van der Waals surface area contributed by atoms with Gasteiger partial charge in [0.2, 0.25) is 5.95 Å². The minimum Gasteiger partial charge on any atom is -0.370 e. The average Bonchev–Trinajstić information content (AvgIpc) is 2.62. The van der Waals surface area contributed by atoms with Gasteiger partial charge in [0.1, 0.15) is 11.6 Å². The van der Waals surface area contributed by atoms with Crippen molar-refractivity contribution in [1.29, 1.82) is 0 Å². The van der Waals surface area contributed by atoms with Crippen LogP contribution in [0.5, 0.6) is 0 Å². The third kappa shape index (κ3) is 4.92. The lowest BCUT2D eigenvalue weighted by atomic mass is 10.1. The highest BCUT2D eigenvalue weighted by molar-refractivity contribution is 6.31. The predicted octanol–water partition coefficient (Wildman–Crippen LogP) is 4.84. The van der Waals surface area contributed by atoms with Crippen LogP contribution in [0.15, 0.2) is 54.6 Å². The Labute approximate surface area is 157 Å². The summed E-state index contributed by atoms with van der Waals surface area (Å²) in [7, 11) is 0. The molecule has 0 radical (unpaired) electrons. The minimum absolute atomic E-state index is 0.185. The molecule has 0 spiro atoms. The molecule has 0 aliphatic rings. The van der Waals surface area contributed by atoms with Crippen LogP contribution in [0.3, 0.4) is 0 Å². The fourth-order valence-electron chi connectivity index (χ4n) is 2.58. The molecule has 0 saturated heterocycles. The number of rotatable bonds is 7. The van der Waals surface area contributed by atoms with E-state index in [1.54, 1.807) is 12.1 Å². The summed E-state index contributed by atoms with van der Waals surface area (Å²) >= 11 is 6.17. The Morgan fingerprint density at radius 3 is 2.46 bits per heavy atom. The van der Waals surface area contributed by atoms with Crippen molar-refractivity contribution in [2.24, 2.45) is 0 Å². The minimum atomic E-state index is -0.185. The number of hydrogen-bond acceptors (Lipinski definition) is 4. The lowest BCUT2D eigenvalue weighted by Crippen LogP contribution is -2.10. The highest BCUT2D eigenvalue weighted by Gasteiger charge is 2.05. The van der Waals surface area contributed by atoms with Gasteiger partial charge < -0.3 is 10.6 Å². The standard InChI is InChI=1S/C20H20ClFN4/c1-14-12-19(23-11-10-15-6-3-5-9-18(15)22)26-20(25-14)24-13-16-7-2-4-8-17(16)21/h2-9,12H,10-11,13H2,1H3,(H2,23,24,25,26). The zero-order valence-corrected chi connectivity index (χ0v) is 15.2. The number of aromatic nitrogens is 2. The van der Waals surface area contributed by atoms with E-state index in [9.17, 15) is 4.39 Å². The normalized spacial score (nSPS) is 10.6. The van der Waals surface area contributed by atoms with E-state index in [1.807, 2.05) is 43.3 Å². The molecule has 0 aliphatic carbocycles. The van der Waals surface area contributed by atoms with Gasteiger partial charge in [0.25, 0.3) is 0 Å². The van der Waals surface area contributed by atoms with E-state index in [-0.39, 0.29) is 5.82 Å². The first-order valence-corrected chi connectivity index (χ1v) is 8.80. The number of anilines is 2. The van der Waals surface area contributed by atoms with Gasteiger partial charge >= 0.3 is 0 Å². The van der Waals surface area contributed by atoms with E-state index in [0.29, 0.717) is 41.9 Å². The van der Waals surface area contributed by atoms with Gasteiger partial charge in [0.05, 0.1) is 0 Å². The molecule has 26 heavy (non-hydrogen) atoms. The first-order valence-electron chi connectivity index (χ1n) is 8.42. The van der Waals surface area contributed by atoms with E-state index in [0.717, 1.165) is 11.3 Å². The molecular weight excluding hydrogens is 351 g/mol. The van der Waals surface area contributed by atoms with Gasteiger partial charge in [-0.3, -0.25) is 0 Å². The smallest absolute Gasteiger partial charge is 0.225 e. The third-order valence-corrected chi connectivity index (χ3v) is 4.28. The fraction of sp³-hybridized carbons (Fsp3) is 0.200. The SMILES string of the molecule is Cc1cc(NCCc2ccccc2F)nc(NCc2ccccc2Cl)n1. The molecule has 4 nitrogen and oxygen atoms in total. The van der Waals surface area contributed by atoms with E-state index < -0.39 is 0 Å². The summed E-state index contributed by atoms with van der Waals surface area (Å²) in [5.41, 5.74) is 2.51. The monoisotopic (exact) mass is 370 g/mol. The van der Waals surface area contributed by atoms with Crippen molar-refractivity contribution < 1.29 is 4.39 Å². The third-order valence-electron chi connectivity index (χ3n) is 3.91. The summed E-state index contributed by atoms with van der Waals surface area (Å²) in [4.78, 5) is 8.86. The molecule has 0 fully saturated rings. The van der Waals surface area contributed by atoms with Crippen LogP contribution < -0.4 is 10.6 Å². The number of hydrogen-bond donors (Lipinski definition) is 2. The topological polar surface area (TPSA) is 49.8 Å². The van der Waals surface area contributed by atoms with Crippen molar-refractivity contribution in [3.05, 3.63) is 82.3 Å². The molecule has 1 aromatic heterocycles. The van der Waals surface area contributed by atoms with Crippen molar-refractivity contribution >= 4 is 23.4 Å². The predicted molar refractivity (Wildman–Crippen MR) is 104 cm³/mol. The van der Waals surface area contributed by atoms with Gasteiger partial charge in [0.15, 0.2) is 0 Å². The molecule has 3 aromatic rings. The molecule has 3 rings (SSSR count). The highest BCUT2D eigenvalue weighted by Crippen LogP contribution is 2.17. The fourth-order valence-corrected chi connectivity index (χ4v) is 2.78. The molecule has 0 amide bonds. The van der Waals surface area contributed by atoms with Crippen LogP contribution in [0.4, 0.5) is 16.2 Å². The molecule has 2 N–H and O–H groups in total. The Hall–Kier alpha value is -2.66. The average molecular weight is 371 g/mol. The van der Waals surface area contributed by atoms with Crippen molar-refractivity contribution in [2.45, 2.75) is 19.9 Å². The maximum absolute atomic E-state index is 13.7. The largest absolute Gasteiger partial charge is 0.370 e. The van der Waals surface area contributed by atoms with Crippen LogP contribution in [-0.2, 0) is 13.0 Å². The molecule has 0 saturated carbocycles. The first kappa shape index (κ1) is 18.1. The van der Waals surface area contributed by atoms with E-state index in [4.69, 9.17) is 11.6 Å². The second kappa shape index (κ2) is 8.63. The molecule has 0 unspecified atom stereocenters.